The van der Waals surface area contributed by atoms with Gasteiger partial charge in [0.15, 0.2) is 6.10 Å². The number of carbonyl (C=O) groups is 1. The molecule has 1 aliphatic rings. The summed E-state index contributed by atoms with van der Waals surface area (Å²) in [6, 6.07) is 10.6. The fourth-order valence-electron chi connectivity index (χ4n) is 4.29. The second-order valence-corrected chi connectivity index (χ2v) is 10.2. The molecule has 0 N–H and O–H groups in total. The highest BCUT2D eigenvalue weighted by Crippen LogP contribution is 2.44. The fourth-order valence-corrected chi connectivity index (χ4v) is 4.29. The molecule has 1 atom stereocenters. The average Bonchev–Trinajstić information content (AvgIpc) is 2.65. The molecule has 0 aliphatic heterocycles. The van der Waals surface area contributed by atoms with E-state index < -0.39 is 11.7 Å². The van der Waals surface area contributed by atoms with Crippen LogP contribution in [0.15, 0.2) is 36.4 Å². The third-order valence-electron chi connectivity index (χ3n) is 5.82. The Labute approximate surface area is 181 Å². The second kappa shape index (κ2) is 8.55. The predicted molar refractivity (Wildman–Crippen MR) is 125 cm³/mol. The maximum Gasteiger partial charge on any atom is 0.339 e. The van der Waals surface area contributed by atoms with Crippen LogP contribution in [0.5, 0.6) is 0 Å². The molecule has 162 valence electrons. The zero-order valence-electron chi connectivity index (χ0n) is 19.6. The van der Waals surface area contributed by atoms with E-state index in [1.165, 1.54) is 16.3 Å². The first-order valence-electron chi connectivity index (χ1n) is 11.1. The van der Waals surface area contributed by atoms with Crippen molar-refractivity contribution in [2.24, 2.45) is 5.41 Å². The van der Waals surface area contributed by atoms with Crippen LogP contribution in [0.25, 0.3) is 16.3 Å². The van der Waals surface area contributed by atoms with Gasteiger partial charge in [-0.2, -0.15) is 0 Å². The molecule has 0 spiro atoms. The van der Waals surface area contributed by atoms with Crippen molar-refractivity contribution in [3.63, 3.8) is 0 Å². The van der Waals surface area contributed by atoms with Gasteiger partial charge in [-0.25, -0.2) is 4.79 Å². The lowest BCUT2D eigenvalue weighted by Crippen LogP contribution is -2.30. The van der Waals surface area contributed by atoms with Crippen LogP contribution in [0, 0.1) is 12.3 Å². The molecular weight excluding hydrogens is 372 g/mol. The van der Waals surface area contributed by atoms with E-state index in [-0.39, 0.29) is 5.97 Å². The third-order valence-corrected chi connectivity index (χ3v) is 5.82. The Bertz CT molecular complexity index is 960. The molecule has 0 radical (unpaired) electrons. The van der Waals surface area contributed by atoms with Crippen molar-refractivity contribution >= 4 is 22.3 Å². The first kappa shape index (κ1) is 22.6. The summed E-state index contributed by atoms with van der Waals surface area (Å²) in [5.41, 5.74) is 4.32. The molecule has 2 aromatic rings. The van der Waals surface area contributed by atoms with E-state index in [2.05, 4.69) is 57.2 Å². The molecule has 0 fully saturated rings. The van der Waals surface area contributed by atoms with Crippen LogP contribution in [0.4, 0.5) is 0 Å². The summed E-state index contributed by atoms with van der Waals surface area (Å²) in [7, 11) is 0. The standard InChI is InChI=1S/C27H36O3/c1-8-29-25(28)24(30-26(3,4)5)22-18(2)17-20-11-9-10-12-21(20)23(22)19-13-15-27(6,7)16-14-19/h9-13,17,24H,8,14-16H2,1-7H3/t24-/m0/s1. The van der Waals surface area contributed by atoms with Crippen molar-refractivity contribution in [1.82, 2.24) is 0 Å². The minimum absolute atomic E-state index is 0.311. The van der Waals surface area contributed by atoms with Crippen LogP contribution in [-0.4, -0.2) is 18.2 Å². The van der Waals surface area contributed by atoms with Crippen molar-refractivity contribution in [3.8, 4) is 0 Å². The van der Waals surface area contributed by atoms with Crippen LogP contribution in [-0.2, 0) is 14.3 Å². The Hall–Kier alpha value is -2.13. The van der Waals surface area contributed by atoms with E-state index in [0.717, 1.165) is 36.0 Å². The summed E-state index contributed by atoms with van der Waals surface area (Å²) >= 11 is 0. The number of fused-ring (bicyclic) bond motifs is 1. The van der Waals surface area contributed by atoms with Gasteiger partial charge in [0.1, 0.15) is 0 Å². The molecule has 3 heteroatoms. The van der Waals surface area contributed by atoms with E-state index in [0.29, 0.717) is 12.0 Å². The first-order valence-corrected chi connectivity index (χ1v) is 11.1. The quantitative estimate of drug-likeness (QED) is 0.492. The Morgan fingerprint density at radius 2 is 1.90 bits per heavy atom. The van der Waals surface area contributed by atoms with Crippen LogP contribution >= 0.6 is 0 Å². The summed E-state index contributed by atoms with van der Waals surface area (Å²) in [6.07, 6.45) is 4.78. The summed E-state index contributed by atoms with van der Waals surface area (Å²) in [5.74, 6) is -0.316. The molecule has 1 aliphatic carbocycles. The molecule has 0 aromatic heterocycles. The Morgan fingerprint density at radius 1 is 1.20 bits per heavy atom. The number of esters is 1. The van der Waals surface area contributed by atoms with Gasteiger partial charge in [0.05, 0.1) is 12.2 Å². The fraction of sp³-hybridized carbons (Fsp3) is 0.519. The van der Waals surface area contributed by atoms with E-state index >= 15 is 0 Å². The minimum Gasteiger partial charge on any atom is -0.464 e. The largest absolute Gasteiger partial charge is 0.464 e. The van der Waals surface area contributed by atoms with E-state index in [1.54, 1.807) is 0 Å². The molecule has 0 amide bonds. The number of carbonyl (C=O) groups excluding carboxylic acids is 1. The topological polar surface area (TPSA) is 35.5 Å². The lowest BCUT2D eigenvalue weighted by molar-refractivity contribution is -0.166. The highest BCUT2D eigenvalue weighted by atomic mass is 16.6. The molecule has 0 saturated carbocycles. The van der Waals surface area contributed by atoms with Gasteiger partial charge in [-0.3, -0.25) is 0 Å². The molecule has 3 nitrogen and oxygen atoms in total. The van der Waals surface area contributed by atoms with Gasteiger partial charge in [0.25, 0.3) is 0 Å². The highest BCUT2D eigenvalue weighted by Gasteiger charge is 2.34. The molecule has 2 aromatic carbocycles. The average molecular weight is 409 g/mol. The summed E-state index contributed by atoms with van der Waals surface area (Å²) in [6.45, 7) is 14.8. The monoisotopic (exact) mass is 408 g/mol. The van der Waals surface area contributed by atoms with Crippen molar-refractivity contribution < 1.29 is 14.3 Å². The summed E-state index contributed by atoms with van der Waals surface area (Å²) in [4.78, 5) is 13.1. The molecular formula is C27H36O3. The lowest BCUT2D eigenvalue weighted by Gasteiger charge is -2.33. The van der Waals surface area contributed by atoms with Gasteiger partial charge < -0.3 is 9.47 Å². The smallest absolute Gasteiger partial charge is 0.339 e. The van der Waals surface area contributed by atoms with Gasteiger partial charge in [0, 0.05) is 5.56 Å². The summed E-state index contributed by atoms with van der Waals surface area (Å²) in [5, 5.41) is 2.37. The van der Waals surface area contributed by atoms with Crippen LogP contribution in [0.3, 0.4) is 0 Å². The number of aryl methyl sites for hydroxylation is 1. The number of hydrogen-bond donors (Lipinski definition) is 0. The van der Waals surface area contributed by atoms with Gasteiger partial charge in [-0.15, -0.1) is 0 Å². The van der Waals surface area contributed by atoms with Gasteiger partial charge >= 0.3 is 5.97 Å². The van der Waals surface area contributed by atoms with E-state index in [9.17, 15) is 4.79 Å². The maximum absolute atomic E-state index is 13.1. The number of rotatable bonds is 5. The number of ether oxygens (including phenoxy) is 2. The predicted octanol–water partition coefficient (Wildman–Crippen LogP) is 7.16. The van der Waals surface area contributed by atoms with Crippen LogP contribution < -0.4 is 0 Å². The molecule has 0 saturated heterocycles. The van der Waals surface area contributed by atoms with Crippen molar-refractivity contribution in [2.45, 2.75) is 79.4 Å². The lowest BCUT2D eigenvalue weighted by atomic mass is 9.75. The molecule has 0 heterocycles. The Balaban J connectivity index is 2.28. The van der Waals surface area contributed by atoms with Crippen molar-refractivity contribution in [2.75, 3.05) is 6.61 Å². The molecule has 3 rings (SSSR count). The van der Waals surface area contributed by atoms with Crippen LogP contribution in [0.1, 0.15) is 83.6 Å². The van der Waals surface area contributed by atoms with E-state index in [4.69, 9.17) is 9.47 Å². The normalized spacial score (nSPS) is 17.5. The van der Waals surface area contributed by atoms with Gasteiger partial charge in [-0.1, -0.05) is 50.3 Å². The maximum atomic E-state index is 13.1. The minimum atomic E-state index is -0.750. The van der Waals surface area contributed by atoms with Gasteiger partial charge in [0.2, 0.25) is 0 Å². The number of hydrogen-bond acceptors (Lipinski definition) is 3. The van der Waals surface area contributed by atoms with Crippen molar-refractivity contribution in [1.29, 1.82) is 0 Å². The number of benzene rings is 2. The van der Waals surface area contributed by atoms with Gasteiger partial charge in [-0.05, 0) is 86.8 Å². The second-order valence-electron chi connectivity index (χ2n) is 10.2. The first-order chi connectivity index (χ1) is 14.0. The highest BCUT2D eigenvalue weighted by molar-refractivity contribution is 5.98. The Morgan fingerprint density at radius 3 is 2.50 bits per heavy atom. The van der Waals surface area contributed by atoms with E-state index in [1.807, 2.05) is 27.7 Å². The molecule has 0 bridgehead atoms. The third kappa shape index (κ3) is 4.95. The molecule has 0 unspecified atom stereocenters. The number of allylic oxidation sites excluding steroid dienone is 2. The zero-order valence-corrected chi connectivity index (χ0v) is 19.6. The summed E-state index contributed by atoms with van der Waals surface area (Å²) < 4.78 is 11.8. The van der Waals surface area contributed by atoms with Crippen molar-refractivity contribution in [3.05, 3.63) is 53.1 Å². The van der Waals surface area contributed by atoms with Crippen LogP contribution in [0.2, 0.25) is 0 Å². The zero-order chi connectivity index (χ0) is 22.1. The molecule has 30 heavy (non-hydrogen) atoms. The SMILES string of the molecule is CCOC(=O)[C@@H](OC(C)(C)C)c1c(C)cc2ccccc2c1C1=CCC(C)(C)CC1. The Kier molecular flexibility index (Phi) is 6.43.